The SMILES string of the molecule is COC(=O)C1=C2[C@@H](OC)CCC[C@H]2[C@@H]2CC(=O)N12. The second-order valence-corrected chi connectivity index (χ2v) is 5.09. The summed E-state index contributed by atoms with van der Waals surface area (Å²) >= 11 is 0. The molecule has 5 heteroatoms. The molecule has 98 valence electrons. The van der Waals surface area contributed by atoms with Gasteiger partial charge in [0, 0.05) is 19.4 Å². The molecule has 2 heterocycles. The molecule has 18 heavy (non-hydrogen) atoms. The summed E-state index contributed by atoms with van der Waals surface area (Å²) in [6.07, 6.45) is 3.53. The van der Waals surface area contributed by atoms with Crippen LogP contribution in [0.3, 0.4) is 0 Å². The summed E-state index contributed by atoms with van der Waals surface area (Å²) < 4.78 is 10.3. The molecular formula is C13H17NO4. The first kappa shape index (κ1) is 11.7. The van der Waals surface area contributed by atoms with E-state index in [1.807, 2.05) is 0 Å². The Morgan fingerprint density at radius 1 is 1.33 bits per heavy atom. The highest BCUT2D eigenvalue weighted by Gasteiger charge is 2.55. The van der Waals surface area contributed by atoms with Gasteiger partial charge < -0.3 is 14.4 Å². The number of rotatable bonds is 2. The minimum absolute atomic E-state index is 0.0251. The first-order valence-electron chi connectivity index (χ1n) is 6.36. The summed E-state index contributed by atoms with van der Waals surface area (Å²) in [5.41, 5.74) is 1.45. The zero-order valence-electron chi connectivity index (χ0n) is 10.6. The number of nitrogens with zero attached hydrogens (tertiary/aromatic N) is 1. The molecule has 3 atom stereocenters. The van der Waals surface area contributed by atoms with Crippen LogP contribution >= 0.6 is 0 Å². The predicted molar refractivity (Wildman–Crippen MR) is 62.4 cm³/mol. The van der Waals surface area contributed by atoms with E-state index in [0.29, 0.717) is 12.1 Å². The molecule has 1 amide bonds. The lowest BCUT2D eigenvalue weighted by atomic mass is 9.77. The van der Waals surface area contributed by atoms with Crippen LogP contribution in [0.2, 0.25) is 0 Å². The number of amides is 1. The maximum Gasteiger partial charge on any atom is 0.354 e. The van der Waals surface area contributed by atoms with Gasteiger partial charge in [-0.25, -0.2) is 4.79 Å². The highest BCUT2D eigenvalue weighted by Crippen LogP contribution is 2.49. The molecule has 0 spiro atoms. The van der Waals surface area contributed by atoms with E-state index in [4.69, 9.17) is 9.47 Å². The maximum atomic E-state index is 11.9. The molecule has 0 aromatic heterocycles. The van der Waals surface area contributed by atoms with Crippen LogP contribution in [-0.4, -0.2) is 43.1 Å². The number of hydrogen-bond donors (Lipinski definition) is 0. The maximum absolute atomic E-state index is 11.9. The van der Waals surface area contributed by atoms with E-state index in [2.05, 4.69) is 0 Å². The van der Waals surface area contributed by atoms with Gasteiger partial charge >= 0.3 is 5.97 Å². The van der Waals surface area contributed by atoms with Gasteiger partial charge in [0.2, 0.25) is 5.91 Å². The molecule has 2 fully saturated rings. The van der Waals surface area contributed by atoms with E-state index < -0.39 is 5.97 Å². The minimum atomic E-state index is -0.408. The minimum Gasteiger partial charge on any atom is -0.464 e. The van der Waals surface area contributed by atoms with Gasteiger partial charge in [-0.15, -0.1) is 0 Å². The van der Waals surface area contributed by atoms with Gasteiger partial charge in [0.05, 0.1) is 19.3 Å². The van der Waals surface area contributed by atoms with Gasteiger partial charge in [0.1, 0.15) is 5.70 Å². The molecule has 1 saturated heterocycles. The summed E-state index contributed by atoms with van der Waals surface area (Å²) in [6.45, 7) is 0. The van der Waals surface area contributed by atoms with Crippen LogP contribution in [0.1, 0.15) is 25.7 Å². The van der Waals surface area contributed by atoms with E-state index in [9.17, 15) is 9.59 Å². The average molecular weight is 251 g/mol. The molecule has 0 unspecified atom stereocenters. The average Bonchev–Trinajstić information content (AvgIpc) is 2.66. The Morgan fingerprint density at radius 2 is 2.11 bits per heavy atom. The number of β-lactam (4-membered cyclic amide) rings is 1. The molecule has 0 aromatic carbocycles. The zero-order chi connectivity index (χ0) is 12.9. The molecule has 3 aliphatic rings. The fourth-order valence-corrected chi connectivity index (χ4v) is 3.55. The first-order chi connectivity index (χ1) is 8.69. The van der Waals surface area contributed by atoms with Crippen molar-refractivity contribution < 1.29 is 19.1 Å². The number of esters is 1. The molecule has 0 bridgehead atoms. The molecule has 0 aromatic rings. The third-order valence-corrected chi connectivity index (χ3v) is 4.35. The van der Waals surface area contributed by atoms with Crippen LogP contribution in [0.25, 0.3) is 0 Å². The van der Waals surface area contributed by atoms with Crippen LogP contribution in [0.4, 0.5) is 0 Å². The standard InChI is InChI=1S/C13H17NO4/c1-17-9-5-3-4-7-8-6-10(15)14(8)12(11(7)9)13(16)18-2/h7-9H,3-6H2,1-2H3/t7-,8-,9-/m0/s1. The van der Waals surface area contributed by atoms with Crippen molar-refractivity contribution in [3.8, 4) is 0 Å². The second kappa shape index (κ2) is 4.09. The van der Waals surface area contributed by atoms with Crippen molar-refractivity contribution in [3.63, 3.8) is 0 Å². The van der Waals surface area contributed by atoms with Crippen LogP contribution in [0, 0.1) is 5.92 Å². The van der Waals surface area contributed by atoms with Crippen molar-refractivity contribution in [1.82, 2.24) is 4.90 Å². The van der Waals surface area contributed by atoms with Gasteiger partial charge in [-0.2, -0.15) is 0 Å². The molecule has 1 saturated carbocycles. The number of carbonyl (C=O) groups excluding carboxylic acids is 2. The lowest BCUT2D eigenvalue weighted by molar-refractivity contribution is -0.149. The summed E-state index contributed by atoms with van der Waals surface area (Å²) in [6, 6.07) is 0.166. The topological polar surface area (TPSA) is 55.8 Å². The van der Waals surface area contributed by atoms with Crippen molar-refractivity contribution in [2.24, 2.45) is 5.92 Å². The predicted octanol–water partition coefficient (Wildman–Crippen LogP) is 0.843. The van der Waals surface area contributed by atoms with Crippen LogP contribution < -0.4 is 0 Å². The summed E-state index contributed by atoms with van der Waals surface area (Å²) in [4.78, 5) is 25.3. The van der Waals surface area contributed by atoms with Gasteiger partial charge in [-0.1, -0.05) is 0 Å². The Labute approximate surface area is 106 Å². The molecule has 1 aliphatic carbocycles. The van der Waals surface area contributed by atoms with E-state index in [1.165, 1.54) is 7.11 Å². The molecule has 2 aliphatic heterocycles. The molecule has 0 N–H and O–H groups in total. The smallest absolute Gasteiger partial charge is 0.354 e. The summed E-state index contributed by atoms with van der Waals surface area (Å²) in [5.74, 6) is -0.0952. The zero-order valence-corrected chi connectivity index (χ0v) is 10.6. The van der Waals surface area contributed by atoms with Crippen LogP contribution in [0.5, 0.6) is 0 Å². The number of ether oxygens (including phenoxy) is 2. The van der Waals surface area contributed by atoms with E-state index in [0.717, 1.165) is 24.8 Å². The highest BCUT2D eigenvalue weighted by atomic mass is 16.5. The van der Waals surface area contributed by atoms with Crippen molar-refractivity contribution >= 4 is 11.9 Å². The molecular weight excluding hydrogens is 234 g/mol. The van der Waals surface area contributed by atoms with Gasteiger partial charge in [-0.05, 0) is 24.8 Å². The van der Waals surface area contributed by atoms with Crippen molar-refractivity contribution in [1.29, 1.82) is 0 Å². The second-order valence-electron chi connectivity index (χ2n) is 5.09. The Bertz CT molecular complexity index is 442. The Morgan fingerprint density at radius 3 is 2.72 bits per heavy atom. The highest BCUT2D eigenvalue weighted by molar-refractivity contribution is 5.99. The summed E-state index contributed by atoms with van der Waals surface area (Å²) in [7, 11) is 3.01. The van der Waals surface area contributed by atoms with Crippen molar-refractivity contribution in [2.75, 3.05) is 14.2 Å². The Hall–Kier alpha value is -1.36. The molecule has 5 nitrogen and oxygen atoms in total. The largest absolute Gasteiger partial charge is 0.464 e. The van der Waals surface area contributed by atoms with E-state index >= 15 is 0 Å². The lowest BCUT2D eigenvalue weighted by Gasteiger charge is -2.39. The van der Waals surface area contributed by atoms with Crippen LogP contribution in [0.15, 0.2) is 11.3 Å². The molecule has 3 rings (SSSR count). The van der Waals surface area contributed by atoms with Crippen molar-refractivity contribution in [3.05, 3.63) is 11.3 Å². The third-order valence-electron chi connectivity index (χ3n) is 4.35. The van der Waals surface area contributed by atoms with Crippen LogP contribution in [-0.2, 0) is 19.1 Å². The van der Waals surface area contributed by atoms with Gasteiger partial charge in [-0.3, -0.25) is 4.79 Å². The number of methoxy groups -OCH3 is 2. The normalized spacial score (nSPS) is 34.0. The fraction of sp³-hybridized carbons (Fsp3) is 0.692. The first-order valence-corrected chi connectivity index (χ1v) is 6.36. The Balaban J connectivity index is 2.05. The monoisotopic (exact) mass is 251 g/mol. The summed E-state index contributed by atoms with van der Waals surface area (Å²) in [5, 5.41) is 0. The quantitative estimate of drug-likeness (QED) is 0.539. The molecule has 0 radical (unpaired) electrons. The fourth-order valence-electron chi connectivity index (χ4n) is 3.55. The van der Waals surface area contributed by atoms with E-state index in [-0.39, 0.29) is 24.0 Å². The third kappa shape index (κ3) is 1.37. The van der Waals surface area contributed by atoms with Gasteiger partial charge in [0.25, 0.3) is 0 Å². The van der Waals surface area contributed by atoms with E-state index in [1.54, 1.807) is 12.0 Å². The Kier molecular flexibility index (Phi) is 2.66. The lowest BCUT2D eigenvalue weighted by Crippen LogP contribution is -2.52. The number of fused-ring (bicyclic) bond motifs is 3. The number of carbonyl (C=O) groups is 2. The number of hydrogen-bond acceptors (Lipinski definition) is 4. The van der Waals surface area contributed by atoms with Crippen molar-refractivity contribution in [2.45, 2.75) is 37.8 Å². The van der Waals surface area contributed by atoms with Gasteiger partial charge in [0.15, 0.2) is 0 Å².